The van der Waals surface area contributed by atoms with Gasteiger partial charge in [0, 0.05) is 43.0 Å². The Morgan fingerprint density at radius 2 is 1.78 bits per heavy atom. The molecule has 0 unspecified atom stereocenters. The summed E-state index contributed by atoms with van der Waals surface area (Å²) in [7, 11) is 3.17. The molecule has 1 fully saturated rings. The second-order valence-electron chi connectivity index (χ2n) is 8.55. The standard InChI is InChI=1S/C26H29N5O5/c1-16(30-25-14-21(31-36-25)17-7-9-34-10-8-17)29-18-5-4-6-19(11-18)35-26-20-12-23(32-2)24(33-3)13-22(20)27-15-28-26/h4-6,11-17,29-30H,7-10H2,1-3H3/t16-/m0/s1. The highest BCUT2D eigenvalue weighted by atomic mass is 16.5. The molecule has 0 spiro atoms. The third kappa shape index (κ3) is 5.28. The van der Waals surface area contributed by atoms with E-state index >= 15 is 0 Å². The summed E-state index contributed by atoms with van der Waals surface area (Å²) in [6.07, 6.45) is 3.28. The summed E-state index contributed by atoms with van der Waals surface area (Å²) >= 11 is 0. The van der Waals surface area contributed by atoms with Crippen LogP contribution in [0.15, 0.2) is 53.3 Å². The van der Waals surface area contributed by atoms with Crippen molar-refractivity contribution in [3.05, 3.63) is 54.5 Å². The van der Waals surface area contributed by atoms with E-state index in [-0.39, 0.29) is 6.17 Å². The van der Waals surface area contributed by atoms with E-state index in [1.807, 2.05) is 43.3 Å². The van der Waals surface area contributed by atoms with E-state index in [4.69, 9.17) is 23.5 Å². The highest BCUT2D eigenvalue weighted by molar-refractivity contribution is 5.87. The molecule has 1 aliphatic rings. The average molecular weight is 492 g/mol. The van der Waals surface area contributed by atoms with Gasteiger partial charge >= 0.3 is 0 Å². The zero-order valence-electron chi connectivity index (χ0n) is 20.5. The number of benzene rings is 2. The van der Waals surface area contributed by atoms with Crippen molar-refractivity contribution in [2.45, 2.75) is 31.8 Å². The number of fused-ring (bicyclic) bond motifs is 1. The van der Waals surface area contributed by atoms with Crippen LogP contribution in [0.4, 0.5) is 11.6 Å². The molecule has 0 aliphatic carbocycles. The number of nitrogens with zero attached hydrogens (tertiary/aromatic N) is 3. The first-order valence-corrected chi connectivity index (χ1v) is 11.8. The third-order valence-electron chi connectivity index (χ3n) is 6.06. The molecule has 36 heavy (non-hydrogen) atoms. The largest absolute Gasteiger partial charge is 0.493 e. The van der Waals surface area contributed by atoms with Crippen molar-refractivity contribution in [1.82, 2.24) is 15.1 Å². The van der Waals surface area contributed by atoms with E-state index in [9.17, 15) is 0 Å². The molecule has 3 heterocycles. The van der Waals surface area contributed by atoms with Crippen molar-refractivity contribution in [2.24, 2.45) is 0 Å². The second-order valence-corrected chi connectivity index (χ2v) is 8.55. The number of ether oxygens (including phenoxy) is 4. The zero-order valence-corrected chi connectivity index (χ0v) is 20.5. The first-order valence-electron chi connectivity index (χ1n) is 11.8. The van der Waals surface area contributed by atoms with Crippen molar-refractivity contribution < 1.29 is 23.5 Å². The Balaban J connectivity index is 1.27. The predicted octanol–water partition coefficient (Wildman–Crippen LogP) is 5.19. The fourth-order valence-electron chi connectivity index (χ4n) is 4.24. The van der Waals surface area contributed by atoms with Gasteiger partial charge in [0.2, 0.25) is 11.8 Å². The average Bonchev–Trinajstić information content (AvgIpc) is 3.37. The molecule has 0 amide bonds. The molecule has 2 N–H and O–H groups in total. The van der Waals surface area contributed by atoms with Gasteiger partial charge in [0.25, 0.3) is 0 Å². The second kappa shape index (κ2) is 10.7. The van der Waals surface area contributed by atoms with Crippen LogP contribution in [0.25, 0.3) is 10.9 Å². The third-order valence-corrected chi connectivity index (χ3v) is 6.06. The van der Waals surface area contributed by atoms with Crippen molar-refractivity contribution >= 4 is 22.5 Å². The Labute approximate surface area is 208 Å². The van der Waals surface area contributed by atoms with Gasteiger partial charge in [-0.05, 0) is 38.0 Å². The molecule has 10 heteroatoms. The molecular weight excluding hydrogens is 462 g/mol. The van der Waals surface area contributed by atoms with Crippen LogP contribution in [0.2, 0.25) is 0 Å². The van der Waals surface area contributed by atoms with Crippen LogP contribution in [0.1, 0.15) is 31.4 Å². The molecule has 4 aromatic rings. The molecule has 0 radical (unpaired) electrons. The van der Waals surface area contributed by atoms with E-state index in [1.165, 1.54) is 6.33 Å². The highest BCUT2D eigenvalue weighted by Crippen LogP contribution is 2.36. The summed E-state index contributed by atoms with van der Waals surface area (Å²) in [5.41, 5.74) is 2.53. The molecule has 2 aromatic heterocycles. The maximum Gasteiger partial charge on any atom is 0.230 e. The van der Waals surface area contributed by atoms with E-state index < -0.39 is 0 Å². The molecule has 5 rings (SSSR count). The van der Waals surface area contributed by atoms with Crippen LogP contribution in [0.3, 0.4) is 0 Å². The number of methoxy groups -OCH3 is 2. The van der Waals surface area contributed by atoms with Gasteiger partial charge in [-0.15, -0.1) is 0 Å². The van der Waals surface area contributed by atoms with E-state index in [1.54, 1.807) is 20.3 Å². The lowest BCUT2D eigenvalue weighted by molar-refractivity contribution is 0.0838. The Kier molecular flexibility index (Phi) is 7.03. The van der Waals surface area contributed by atoms with Crippen LogP contribution < -0.4 is 24.8 Å². The van der Waals surface area contributed by atoms with Crippen LogP contribution in [0.5, 0.6) is 23.1 Å². The minimum absolute atomic E-state index is 0.118. The van der Waals surface area contributed by atoms with E-state index in [0.29, 0.717) is 45.8 Å². The van der Waals surface area contributed by atoms with Crippen LogP contribution >= 0.6 is 0 Å². The lowest BCUT2D eigenvalue weighted by Crippen LogP contribution is -2.24. The molecule has 188 valence electrons. The molecule has 1 aliphatic heterocycles. The summed E-state index contributed by atoms with van der Waals surface area (Å²) in [4.78, 5) is 8.66. The van der Waals surface area contributed by atoms with Crippen LogP contribution in [-0.4, -0.2) is 48.7 Å². The first-order chi connectivity index (χ1) is 17.6. The summed E-state index contributed by atoms with van der Waals surface area (Å²) in [5.74, 6) is 3.23. The van der Waals surface area contributed by atoms with E-state index in [2.05, 4.69) is 25.8 Å². The fraction of sp³-hybridized carbons (Fsp3) is 0.346. The maximum atomic E-state index is 6.13. The molecule has 1 saturated heterocycles. The van der Waals surface area contributed by atoms with Gasteiger partial charge in [0.1, 0.15) is 12.1 Å². The molecule has 2 aromatic carbocycles. The highest BCUT2D eigenvalue weighted by Gasteiger charge is 2.20. The summed E-state index contributed by atoms with van der Waals surface area (Å²) in [6, 6.07) is 13.2. The topological polar surface area (TPSA) is 113 Å². The van der Waals surface area contributed by atoms with Gasteiger partial charge in [-0.1, -0.05) is 11.2 Å². The Morgan fingerprint density at radius 3 is 2.58 bits per heavy atom. The predicted molar refractivity (Wildman–Crippen MR) is 135 cm³/mol. The van der Waals surface area contributed by atoms with Crippen LogP contribution in [-0.2, 0) is 4.74 Å². The first kappa shape index (κ1) is 23.7. The molecule has 0 saturated carbocycles. The number of aromatic nitrogens is 3. The van der Waals surface area contributed by atoms with Gasteiger partial charge in [-0.3, -0.25) is 0 Å². The number of anilines is 2. The molecular formula is C26H29N5O5. The molecule has 1 atom stereocenters. The fourth-order valence-corrected chi connectivity index (χ4v) is 4.24. The Morgan fingerprint density at radius 1 is 0.972 bits per heavy atom. The normalized spacial score (nSPS) is 14.9. The number of hydrogen-bond acceptors (Lipinski definition) is 10. The van der Waals surface area contributed by atoms with Crippen molar-refractivity contribution in [3.8, 4) is 23.1 Å². The van der Waals surface area contributed by atoms with Gasteiger partial charge in [0.15, 0.2) is 11.5 Å². The number of rotatable bonds is 9. The maximum absolute atomic E-state index is 6.13. The van der Waals surface area contributed by atoms with Gasteiger partial charge in [0.05, 0.1) is 37.0 Å². The van der Waals surface area contributed by atoms with Crippen molar-refractivity contribution in [3.63, 3.8) is 0 Å². The lowest BCUT2D eigenvalue weighted by Gasteiger charge is -2.19. The van der Waals surface area contributed by atoms with Crippen molar-refractivity contribution in [2.75, 3.05) is 38.1 Å². The van der Waals surface area contributed by atoms with Gasteiger partial charge in [-0.2, -0.15) is 0 Å². The Hall–Kier alpha value is -4.05. The Bertz CT molecular complexity index is 1320. The summed E-state index contributed by atoms with van der Waals surface area (Å²) in [6.45, 7) is 3.54. The summed E-state index contributed by atoms with van der Waals surface area (Å²) < 4.78 is 27.9. The quantitative estimate of drug-likeness (QED) is 0.303. The minimum atomic E-state index is -0.118. The van der Waals surface area contributed by atoms with Crippen LogP contribution in [0, 0.1) is 0 Å². The summed E-state index contributed by atoms with van der Waals surface area (Å²) in [5, 5.41) is 11.7. The van der Waals surface area contributed by atoms with E-state index in [0.717, 1.165) is 37.4 Å². The minimum Gasteiger partial charge on any atom is -0.493 e. The van der Waals surface area contributed by atoms with Crippen molar-refractivity contribution in [1.29, 1.82) is 0 Å². The SMILES string of the molecule is COc1cc2ncnc(Oc3cccc(N[C@H](C)Nc4cc(C5CCOCC5)no4)c3)c2cc1OC. The monoisotopic (exact) mass is 491 g/mol. The van der Waals surface area contributed by atoms with Gasteiger partial charge < -0.3 is 34.1 Å². The molecule has 10 nitrogen and oxygen atoms in total. The number of hydrogen-bond donors (Lipinski definition) is 2. The molecule has 0 bridgehead atoms. The number of nitrogens with one attached hydrogen (secondary N) is 2. The van der Waals surface area contributed by atoms with Gasteiger partial charge in [-0.25, -0.2) is 9.97 Å². The lowest BCUT2D eigenvalue weighted by atomic mass is 9.97. The zero-order chi connectivity index (χ0) is 24.9. The smallest absolute Gasteiger partial charge is 0.230 e.